The Morgan fingerprint density at radius 1 is 0.571 bits per heavy atom. The van der Waals surface area contributed by atoms with Gasteiger partial charge in [-0.05, 0) is 100 Å². The minimum atomic E-state index is -4.24. The van der Waals surface area contributed by atoms with Crippen LogP contribution in [0.2, 0.25) is 0 Å². The predicted octanol–water partition coefficient (Wildman–Crippen LogP) is 7.95. The zero-order valence-corrected chi connectivity index (χ0v) is 23.6. The second-order valence-electron chi connectivity index (χ2n) is 10.4. The second kappa shape index (κ2) is 9.70. The maximum absolute atomic E-state index is 15.2. The van der Waals surface area contributed by atoms with E-state index in [1.165, 1.54) is 0 Å². The van der Waals surface area contributed by atoms with Gasteiger partial charge in [0.25, 0.3) is 0 Å². The molecule has 3 aromatic carbocycles. The molecule has 0 unspecified atom stereocenters. The molecule has 0 aliphatic carbocycles. The Hall–Kier alpha value is -2.77. The van der Waals surface area contributed by atoms with Crippen LogP contribution >= 0.6 is 7.14 Å². The Labute approximate surface area is 210 Å². The summed E-state index contributed by atoms with van der Waals surface area (Å²) in [4.78, 5) is 28.7. The molecule has 0 aliphatic heterocycles. The van der Waals surface area contributed by atoms with Gasteiger partial charge in [-0.15, -0.1) is 0 Å². The molecule has 0 atom stereocenters. The molecule has 0 aromatic heterocycles. The summed E-state index contributed by atoms with van der Waals surface area (Å²) in [5, 5.41) is 0.385. The largest absolute Gasteiger partial charge is 0.302 e. The average Bonchev–Trinajstić information content (AvgIpc) is 2.71. The number of carbonyl (C=O) groups excluding carboxylic acids is 2. The van der Waals surface area contributed by atoms with Gasteiger partial charge in [0.2, 0.25) is 18.2 Å². The Bertz CT molecular complexity index is 1270. The summed E-state index contributed by atoms with van der Waals surface area (Å²) >= 11 is 0. The van der Waals surface area contributed by atoms with E-state index in [1.54, 1.807) is 0 Å². The lowest BCUT2D eigenvalue weighted by molar-refractivity contribution is 0.104. The Balaban J connectivity index is 2.43. The summed E-state index contributed by atoms with van der Waals surface area (Å²) in [6.07, 6.45) is 0. The van der Waals surface area contributed by atoms with E-state index in [1.807, 2.05) is 91.8 Å². The highest BCUT2D eigenvalue weighted by Crippen LogP contribution is 2.54. The van der Waals surface area contributed by atoms with Crippen molar-refractivity contribution in [3.05, 3.63) is 97.6 Å². The molecule has 3 rings (SSSR count). The first-order valence-electron chi connectivity index (χ1n) is 12.2. The molecule has 0 radical (unpaired) electrons. The number of benzene rings is 3. The molecule has 0 heterocycles. The summed E-state index contributed by atoms with van der Waals surface area (Å²) in [6, 6.07) is 11.6. The lowest BCUT2D eigenvalue weighted by atomic mass is 9.98. The van der Waals surface area contributed by atoms with Crippen LogP contribution in [0.15, 0.2) is 36.4 Å². The van der Waals surface area contributed by atoms with Gasteiger partial charge in [0.15, 0.2) is 0 Å². The molecular formula is C31H37O3P. The number of hydrogen-bond donors (Lipinski definition) is 0. The summed E-state index contributed by atoms with van der Waals surface area (Å²) in [7, 11) is -4.24. The molecule has 0 spiro atoms. The maximum atomic E-state index is 15.2. The van der Waals surface area contributed by atoms with Gasteiger partial charge in [-0.3, -0.25) is 9.59 Å². The van der Waals surface area contributed by atoms with Crippen LogP contribution in [0.25, 0.3) is 0 Å². The van der Waals surface area contributed by atoms with E-state index in [0.29, 0.717) is 16.4 Å². The molecule has 0 fully saturated rings. The first-order valence-corrected chi connectivity index (χ1v) is 13.9. The Morgan fingerprint density at radius 2 is 0.886 bits per heavy atom. The fraction of sp³-hybridized carbons (Fsp3) is 0.355. The van der Waals surface area contributed by atoms with Gasteiger partial charge < -0.3 is 4.57 Å². The van der Waals surface area contributed by atoms with Gasteiger partial charge in [-0.25, -0.2) is 0 Å². The van der Waals surface area contributed by atoms with E-state index in [0.717, 1.165) is 50.1 Å². The van der Waals surface area contributed by atoms with Crippen LogP contribution in [0.4, 0.5) is 0 Å². The monoisotopic (exact) mass is 488 g/mol. The quantitative estimate of drug-likeness (QED) is 0.331. The van der Waals surface area contributed by atoms with Crippen LogP contribution in [0.1, 0.15) is 90.6 Å². The third-order valence-electron chi connectivity index (χ3n) is 6.85. The number of rotatable bonds is 6. The van der Waals surface area contributed by atoms with Crippen molar-refractivity contribution in [3.8, 4) is 0 Å². The smallest absolute Gasteiger partial charge is 0.249 e. The van der Waals surface area contributed by atoms with Crippen molar-refractivity contribution in [1.29, 1.82) is 0 Å². The summed E-state index contributed by atoms with van der Waals surface area (Å²) in [5.41, 5.74) is 7.21. The first-order chi connectivity index (χ1) is 16.2. The molecular weight excluding hydrogens is 451 g/mol. The van der Waals surface area contributed by atoms with Gasteiger partial charge >= 0.3 is 0 Å². The zero-order chi connectivity index (χ0) is 26.4. The van der Waals surface area contributed by atoms with Crippen LogP contribution in [0.5, 0.6) is 0 Å². The number of carbonyl (C=O) groups is 2. The molecule has 184 valence electrons. The topological polar surface area (TPSA) is 51.2 Å². The van der Waals surface area contributed by atoms with E-state index < -0.39 is 18.2 Å². The van der Waals surface area contributed by atoms with Crippen LogP contribution in [0.3, 0.4) is 0 Å². The van der Waals surface area contributed by atoms with Gasteiger partial charge in [0, 0.05) is 16.4 Å². The van der Waals surface area contributed by atoms with Gasteiger partial charge in [0.05, 0.1) is 0 Å². The van der Waals surface area contributed by atoms with E-state index >= 15 is 4.57 Å². The molecule has 0 saturated heterocycles. The van der Waals surface area contributed by atoms with Gasteiger partial charge in [-0.1, -0.05) is 61.4 Å². The fourth-order valence-electron chi connectivity index (χ4n) is 5.46. The molecule has 0 N–H and O–H groups in total. The normalized spacial score (nSPS) is 11.7. The summed E-state index contributed by atoms with van der Waals surface area (Å²) in [6.45, 7) is 19.3. The molecule has 0 saturated carbocycles. The molecule has 3 aromatic rings. The molecule has 35 heavy (non-hydrogen) atoms. The van der Waals surface area contributed by atoms with Crippen molar-refractivity contribution >= 4 is 23.5 Å². The maximum Gasteiger partial charge on any atom is 0.249 e. The van der Waals surface area contributed by atoms with Gasteiger partial charge in [-0.2, -0.15) is 0 Å². The van der Waals surface area contributed by atoms with Crippen molar-refractivity contribution in [1.82, 2.24) is 0 Å². The number of hydrogen-bond acceptors (Lipinski definition) is 3. The standard InChI is InChI=1S/C31H37O3P/c1-17(2)26-15-24(9)29(25(10)16-26)35(34,30(32)27-20(5)11-18(3)12-21(27)6)31(33)28-22(7)13-19(4)14-23(28)8/h11-17H,1-10H3. The minimum absolute atomic E-state index is 0.274. The zero-order valence-electron chi connectivity index (χ0n) is 22.7. The van der Waals surface area contributed by atoms with Crippen LogP contribution in [-0.2, 0) is 4.57 Å². The fourth-order valence-corrected chi connectivity index (χ4v) is 8.51. The minimum Gasteiger partial charge on any atom is -0.302 e. The van der Waals surface area contributed by atoms with Crippen molar-refractivity contribution in [3.63, 3.8) is 0 Å². The van der Waals surface area contributed by atoms with E-state index in [-0.39, 0.29) is 5.92 Å². The highest BCUT2D eigenvalue weighted by Gasteiger charge is 2.46. The lowest BCUT2D eigenvalue weighted by Gasteiger charge is -2.25. The van der Waals surface area contributed by atoms with Crippen molar-refractivity contribution in [2.24, 2.45) is 0 Å². The van der Waals surface area contributed by atoms with Crippen LogP contribution in [-0.4, -0.2) is 11.0 Å². The van der Waals surface area contributed by atoms with Crippen molar-refractivity contribution in [2.75, 3.05) is 0 Å². The molecule has 4 heteroatoms. The Kier molecular flexibility index (Phi) is 7.44. The Morgan fingerprint density at radius 3 is 1.17 bits per heavy atom. The SMILES string of the molecule is Cc1cc(C)c(C(=O)P(=O)(C(=O)c2c(C)cc(C)cc2C)c2c(C)cc(C(C)C)cc2C)c(C)c1. The molecule has 0 bridgehead atoms. The first kappa shape index (κ1) is 26.8. The second-order valence-corrected chi connectivity index (χ2v) is 12.9. The number of aryl methyl sites for hydroxylation is 8. The molecule has 0 amide bonds. The third-order valence-corrected chi connectivity index (χ3v) is 9.78. The van der Waals surface area contributed by atoms with E-state index in [4.69, 9.17) is 0 Å². The van der Waals surface area contributed by atoms with Crippen LogP contribution < -0.4 is 5.30 Å². The predicted molar refractivity (Wildman–Crippen MR) is 147 cm³/mol. The highest BCUT2D eigenvalue weighted by atomic mass is 31.2. The van der Waals surface area contributed by atoms with E-state index in [9.17, 15) is 9.59 Å². The molecule has 3 nitrogen and oxygen atoms in total. The summed E-state index contributed by atoms with van der Waals surface area (Å²) in [5.74, 6) is 0.274. The third kappa shape index (κ3) is 4.71. The van der Waals surface area contributed by atoms with Crippen molar-refractivity contribution in [2.45, 2.75) is 75.2 Å². The lowest BCUT2D eigenvalue weighted by Crippen LogP contribution is -2.26. The van der Waals surface area contributed by atoms with E-state index in [2.05, 4.69) is 13.8 Å². The van der Waals surface area contributed by atoms with Crippen LogP contribution in [0, 0.1) is 55.4 Å². The average molecular weight is 489 g/mol. The van der Waals surface area contributed by atoms with Gasteiger partial charge in [0.1, 0.15) is 0 Å². The molecule has 0 aliphatic rings. The van der Waals surface area contributed by atoms with Crippen molar-refractivity contribution < 1.29 is 14.2 Å². The highest BCUT2D eigenvalue weighted by molar-refractivity contribution is 8.01. The summed E-state index contributed by atoms with van der Waals surface area (Å²) < 4.78 is 15.2.